The van der Waals surface area contributed by atoms with Crippen molar-refractivity contribution in [2.75, 3.05) is 0 Å². The molecule has 0 saturated carbocycles. The molecule has 0 fully saturated rings. The molecule has 1 aliphatic carbocycles. The molecule has 0 saturated heterocycles. The molecule has 2 aromatic carbocycles. The first kappa shape index (κ1) is 17.0. The maximum atomic E-state index is 14.2. The van der Waals surface area contributed by atoms with Gasteiger partial charge in [-0.3, -0.25) is 0 Å². The van der Waals surface area contributed by atoms with Crippen molar-refractivity contribution >= 4 is 22.2 Å². The zero-order chi connectivity index (χ0) is 17.3. The van der Waals surface area contributed by atoms with Crippen LogP contribution in [0.2, 0.25) is 0 Å². The van der Waals surface area contributed by atoms with Crippen molar-refractivity contribution in [1.29, 1.82) is 0 Å². The molecule has 1 unspecified atom stereocenters. The molecule has 1 atom stereocenters. The molecule has 1 N–H and O–H groups in total. The number of benzene rings is 2. The van der Waals surface area contributed by atoms with Gasteiger partial charge in [0.25, 0.3) is 0 Å². The quantitative estimate of drug-likeness (QED) is 0.782. The van der Waals surface area contributed by atoms with E-state index in [4.69, 9.17) is 4.55 Å². The first-order chi connectivity index (χ1) is 11.5. The molecular formula is C19H18F2O2S. The molecule has 0 aromatic heterocycles. The standard InChI is InChI=1S/C19H18F2O2S/c1-12-9-13(7-8-18(12)20)16-3-2-4-17(16)14-5-6-15(11-24(22)23)19(21)10-14/h5-10H,2-4,11H2,1H3,(H,22,23). The first-order valence-corrected chi connectivity index (χ1v) is 9.08. The van der Waals surface area contributed by atoms with Crippen LogP contribution in [-0.2, 0) is 16.8 Å². The smallest absolute Gasteiger partial charge is 0.157 e. The van der Waals surface area contributed by atoms with Gasteiger partial charge in [-0.05, 0) is 72.2 Å². The summed E-state index contributed by atoms with van der Waals surface area (Å²) in [5.74, 6) is -0.912. The van der Waals surface area contributed by atoms with Crippen LogP contribution in [0.3, 0.4) is 0 Å². The molecule has 2 aromatic rings. The third-order valence-electron chi connectivity index (χ3n) is 4.40. The Kier molecular flexibility index (Phi) is 4.92. The minimum Gasteiger partial charge on any atom is -0.306 e. The first-order valence-electron chi connectivity index (χ1n) is 7.80. The maximum Gasteiger partial charge on any atom is 0.157 e. The fraction of sp³-hybridized carbons (Fsp3) is 0.263. The van der Waals surface area contributed by atoms with E-state index < -0.39 is 16.9 Å². The molecule has 0 radical (unpaired) electrons. The van der Waals surface area contributed by atoms with E-state index in [2.05, 4.69) is 0 Å². The van der Waals surface area contributed by atoms with Gasteiger partial charge in [-0.15, -0.1) is 0 Å². The lowest BCUT2D eigenvalue weighted by Gasteiger charge is -2.11. The summed E-state index contributed by atoms with van der Waals surface area (Å²) < 4.78 is 47.5. The SMILES string of the molecule is Cc1cc(C2=C(c3ccc(CS(=O)O)c(F)c3)CCC2)ccc1F. The van der Waals surface area contributed by atoms with E-state index in [9.17, 15) is 13.0 Å². The number of hydrogen-bond acceptors (Lipinski definition) is 1. The van der Waals surface area contributed by atoms with Crippen LogP contribution in [0.25, 0.3) is 11.1 Å². The van der Waals surface area contributed by atoms with Crippen LogP contribution >= 0.6 is 0 Å². The average molecular weight is 348 g/mol. The Morgan fingerprint density at radius 2 is 1.62 bits per heavy atom. The third-order valence-corrected chi connectivity index (χ3v) is 4.96. The summed E-state index contributed by atoms with van der Waals surface area (Å²) in [6.07, 6.45) is 2.70. The van der Waals surface area contributed by atoms with E-state index in [1.165, 1.54) is 12.1 Å². The second kappa shape index (κ2) is 6.95. The third kappa shape index (κ3) is 3.47. The van der Waals surface area contributed by atoms with Gasteiger partial charge in [-0.2, -0.15) is 0 Å². The highest BCUT2D eigenvalue weighted by Crippen LogP contribution is 2.40. The molecule has 0 heterocycles. The molecule has 0 aliphatic heterocycles. The Bertz CT molecular complexity index is 843. The van der Waals surface area contributed by atoms with Crippen LogP contribution in [0.5, 0.6) is 0 Å². The van der Waals surface area contributed by atoms with E-state index in [-0.39, 0.29) is 17.1 Å². The summed E-state index contributed by atoms with van der Waals surface area (Å²) in [5.41, 5.74) is 4.78. The molecule has 126 valence electrons. The molecule has 1 aliphatic rings. The van der Waals surface area contributed by atoms with Crippen molar-refractivity contribution in [3.63, 3.8) is 0 Å². The lowest BCUT2D eigenvalue weighted by atomic mass is 9.95. The van der Waals surface area contributed by atoms with Crippen molar-refractivity contribution in [1.82, 2.24) is 0 Å². The van der Waals surface area contributed by atoms with Gasteiger partial charge >= 0.3 is 0 Å². The molecule has 3 rings (SSSR count). The Hall–Kier alpha value is -1.85. The summed E-state index contributed by atoms with van der Waals surface area (Å²) in [6, 6.07) is 9.85. The predicted molar refractivity (Wildman–Crippen MR) is 92.7 cm³/mol. The van der Waals surface area contributed by atoms with Crippen molar-refractivity contribution in [3.05, 3.63) is 70.3 Å². The van der Waals surface area contributed by atoms with Crippen molar-refractivity contribution in [3.8, 4) is 0 Å². The predicted octanol–water partition coefficient (Wildman–Crippen LogP) is 5.09. The van der Waals surface area contributed by atoms with Crippen LogP contribution < -0.4 is 0 Å². The van der Waals surface area contributed by atoms with Gasteiger partial charge in [0.05, 0.1) is 5.75 Å². The molecule has 5 heteroatoms. The van der Waals surface area contributed by atoms with Crippen molar-refractivity contribution in [2.24, 2.45) is 0 Å². The highest BCUT2D eigenvalue weighted by atomic mass is 32.2. The molecule has 0 spiro atoms. The Labute approximate surface area is 142 Å². The zero-order valence-corrected chi connectivity index (χ0v) is 14.1. The Morgan fingerprint density at radius 1 is 1.00 bits per heavy atom. The minimum absolute atomic E-state index is 0.213. The molecule has 24 heavy (non-hydrogen) atoms. The molecule has 2 nitrogen and oxygen atoms in total. The highest BCUT2D eigenvalue weighted by molar-refractivity contribution is 7.78. The van der Waals surface area contributed by atoms with Crippen LogP contribution in [0.15, 0.2) is 36.4 Å². The van der Waals surface area contributed by atoms with Gasteiger partial charge in [0.15, 0.2) is 11.1 Å². The Morgan fingerprint density at radius 3 is 2.21 bits per heavy atom. The van der Waals surface area contributed by atoms with E-state index >= 15 is 0 Å². The average Bonchev–Trinajstić information content (AvgIpc) is 3.01. The Balaban J connectivity index is 2.01. The van der Waals surface area contributed by atoms with Gasteiger partial charge in [0.2, 0.25) is 0 Å². The van der Waals surface area contributed by atoms with Crippen LogP contribution in [0.4, 0.5) is 8.78 Å². The van der Waals surface area contributed by atoms with Gasteiger partial charge in [-0.25, -0.2) is 13.0 Å². The number of hydrogen-bond donors (Lipinski definition) is 1. The monoisotopic (exact) mass is 348 g/mol. The summed E-state index contributed by atoms with van der Waals surface area (Å²) in [5, 5.41) is 0. The number of aryl methyl sites for hydroxylation is 1. The number of allylic oxidation sites excluding steroid dienone is 2. The van der Waals surface area contributed by atoms with Crippen molar-refractivity contribution < 1.29 is 17.5 Å². The van der Waals surface area contributed by atoms with E-state index in [0.717, 1.165) is 41.5 Å². The second-order valence-corrected chi connectivity index (χ2v) is 6.98. The lowest BCUT2D eigenvalue weighted by Crippen LogP contribution is -1.98. The van der Waals surface area contributed by atoms with Gasteiger partial charge in [-0.1, -0.05) is 18.2 Å². The summed E-state index contributed by atoms with van der Waals surface area (Å²) in [4.78, 5) is 0. The number of rotatable bonds is 4. The highest BCUT2D eigenvalue weighted by Gasteiger charge is 2.19. The van der Waals surface area contributed by atoms with E-state index in [1.54, 1.807) is 25.1 Å². The largest absolute Gasteiger partial charge is 0.306 e. The van der Waals surface area contributed by atoms with Crippen LogP contribution in [-0.4, -0.2) is 8.76 Å². The normalized spacial score (nSPS) is 15.8. The van der Waals surface area contributed by atoms with Gasteiger partial charge in [0.1, 0.15) is 11.6 Å². The van der Waals surface area contributed by atoms with Crippen molar-refractivity contribution in [2.45, 2.75) is 31.9 Å². The van der Waals surface area contributed by atoms with E-state index in [0.29, 0.717) is 5.56 Å². The summed E-state index contributed by atoms with van der Waals surface area (Å²) in [6.45, 7) is 1.73. The minimum atomic E-state index is -2.06. The molecular weight excluding hydrogens is 330 g/mol. The fourth-order valence-electron chi connectivity index (χ4n) is 3.20. The maximum absolute atomic E-state index is 14.2. The summed E-state index contributed by atoms with van der Waals surface area (Å²) >= 11 is -2.06. The molecule has 0 amide bonds. The fourth-order valence-corrected chi connectivity index (χ4v) is 3.70. The van der Waals surface area contributed by atoms with Crippen LogP contribution in [0.1, 0.15) is 41.5 Å². The second-order valence-electron chi connectivity index (χ2n) is 6.05. The van der Waals surface area contributed by atoms with E-state index in [1.807, 2.05) is 6.07 Å². The number of halogens is 2. The summed E-state index contributed by atoms with van der Waals surface area (Å²) in [7, 11) is 0. The molecule has 0 bridgehead atoms. The topological polar surface area (TPSA) is 37.3 Å². The van der Waals surface area contributed by atoms with Crippen LogP contribution in [0, 0.1) is 18.6 Å². The lowest BCUT2D eigenvalue weighted by molar-refractivity contribution is 0.559. The zero-order valence-electron chi connectivity index (χ0n) is 13.3. The van der Waals surface area contributed by atoms with Gasteiger partial charge in [0, 0.05) is 5.56 Å². The van der Waals surface area contributed by atoms with Gasteiger partial charge < -0.3 is 4.55 Å².